The molecule has 1 aromatic carbocycles. The largest absolute Gasteiger partial charge is 0.340 e. The molecule has 0 unspecified atom stereocenters. The Labute approximate surface area is 145 Å². The van der Waals surface area contributed by atoms with Crippen LogP contribution in [0.25, 0.3) is 0 Å². The minimum atomic E-state index is -0.0211. The second-order valence-corrected chi connectivity index (χ2v) is 7.35. The number of aromatic nitrogens is 1. The van der Waals surface area contributed by atoms with Crippen molar-refractivity contribution in [2.24, 2.45) is 5.73 Å². The summed E-state index contributed by atoms with van der Waals surface area (Å²) in [5.41, 5.74) is 8.23. The molecule has 0 saturated carbocycles. The molecule has 0 aliphatic carbocycles. The number of carbonyl (C=O) groups is 1. The fraction of sp³-hybridized carbons (Fsp3) is 0.389. The summed E-state index contributed by atoms with van der Waals surface area (Å²) in [6, 6.07) is 12.3. The third-order valence-electron chi connectivity index (χ3n) is 4.47. The Hall–Kier alpha value is -1.59. The zero-order valence-corrected chi connectivity index (χ0v) is 15.0. The first kappa shape index (κ1) is 16.3. The van der Waals surface area contributed by atoms with Crippen LogP contribution in [0, 0.1) is 0 Å². The van der Waals surface area contributed by atoms with Crippen LogP contribution < -0.4 is 5.73 Å². The van der Waals surface area contributed by atoms with Gasteiger partial charge in [0, 0.05) is 41.8 Å². The number of likely N-dealkylation sites (tertiary alicyclic amines) is 1. The van der Waals surface area contributed by atoms with Crippen LogP contribution in [0.4, 0.5) is 0 Å². The molecule has 2 atom stereocenters. The third kappa shape index (κ3) is 3.21. The first-order chi connectivity index (χ1) is 11.0. The molecule has 2 N–H and O–H groups in total. The second-order valence-electron chi connectivity index (χ2n) is 6.44. The van der Waals surface area contributed by atoms with E-state index in [2.05, 4.69) is 41.9 Å². The van der Waals surface area contributed by atoms with Crippen molar-refractivity contribution in [3.05, 3.63) is 58.3 Å². The smallest absolute Gasteiger partial charge is 0.270 e. The van der Waals surface area contributed by atoms with E-state index in [-0.39, 0.29) is 23.9 Å². The first-order valence-corrected chi connectivity index (χ1v) is 8.74. The molecule has 1 amide bonds. The monoisotopic (exact) mass is 375 g/mol. The summed E-state index contributed by atoms with van der Waals surface area (Å²) in [5.74, 6) is 0.254. The number of amides is 1. The Morgan fingerprint density at radius 1 is 1.26 bits per heavy atom. The van der Waals surface area contributed by atoms with Crippen LogP contribution in [0.15, 0.2) is 47.1 Å². The van der Waals surface area contributed by atoms with Crippen molar-refractivity contribution in [1.82, 2.24) is 9.47 Å². The van der Waals surface area contributed by atoms with Gasteiger partial charge in [0.15, 0.2) is 0 Å². The summed E-state index contributed by atoms with van der Waals surface area (Å²) in [7, 11) is 0. The van der Waals surface area contributed by atoms with Crippen LogP contribution in [0.2, 0.25) is 0 Å². The molecule has 122 valence electrons. The van der Waals surface area contributed by atoms with Gasteiger partial charge < -0.3 is 15.2 Å². The molecule has 1 aromatic heterocycles. The highest BCUT2D eigenvalue weighted by Gasteiger charge is 2.35. The van der Waals surface area contributed by atoms with E-state index in [0.29, 0.717) is 18.8 Å². The molecule has 1 aliphatic heterocycles. The average molecular weight is 376 g/mol. The van der Waals surface area contributed by atoms with Gasteiger partial charge in [-0.05, 0) is 41.4 Å². The van der Waals surface area contributed by atoms with E-state index in [9.17, 15) is 4.79 Å². The molecule has 0 radical (unpaired) electrons. The van der Waals surface area contributed by atoms with Gasteiger partial charge in [-0.25, -0.2) is 0 Å². The third-order valence-corrected chi connectivity index (χ3v) is 4.90. The Bertz CT molecular complexity index is 696. The van der Waals surface area contributed by atoms with E-state index in [1.807, 2.05) is 39.9 Å². The number of nitrogens with zero attached hydrogens (tertiary/aromatic N) is 2. The van der Waals surface area contributed by atoms with Gasteiger partial charge in [0.25, 0.3) is 5.91 Å². The van der Waals surface area contributed by atoms with Crippen LogP contribution >= 0.6 is 15.9 Å². The lowest BCUT2D eigenvalue weighted by atomic mass is 9.95. The number of benzene rings is 1. The molecule has 4 nitrogen and oxygen atoms in total. The van der Waals surface area contributed by atoms with Crippen LogP contribution in [0.3, 0.4) is 0 Å². The number of halogens is 1. The summed E-state index contributed by atoms with van der Waals surface area (Å²) in [5, 5.41) is 0. The molecule has 1 aliphatic rings. The predicted octanol–water partition coefficient (Wildman–Crippen LogP) is 3.40. The summed E-state index contributed by atoms with van der Waals surface area (Å²) >= 11 is 3.47. The lowest BCUT2D eigenvalue weighted by molar-refractivity contribution is 0.0777. The number of rotatable bonds is 3. The zero-order chi connectivity index (χ0) is 16.6. The maximum atomic E-state index is 12.9. The Morgan fingerprint density at radius 3 is 2.61 bits per heavy atom. The Balaban J connectivity index is 1.82. The number of carbonyl (C=O) groups excluding carboxylic acids is 1. The molecule has 5 heteroatoms. The van der Waals surface area contributed by atoms with Crippen molar-refractivity contribution < 1.29 is 4.79 Å². The molecule has 2 heterocycles. The number of nitrogens with two attached hydrogens (primary N) is 1. The van der Waals surface area contributed by atoms with Crippen LogP contribution in [-0.4, -0.2) is 34.5 Å². The Kier molecular flexibility index (Phi) is 4.60. The predicted molar refractivity (Wildman–Crippen MR) is 95.6 cm³/mol. The van der Waals surface area contributed by atoms with Crippen molar-refractivity contribution in [1.29, 1.82) is 0 Å². The van der Waals surface area contributed by atoms with Gasteiger partial charge in [-0.1, -0.05) is 30.3 Å². The zero-order valence-electron chi connectivity index (χ0n) is 13.4. The summed E-state index contributed by atoms with van der Waals surface area (Å²) in [6.45, 7) is 5.42. The summed E-state index contributed by atoms with van der Waals surface area (Å²) < 4.78 is 2.94. The number of hydrogen-bond acceptors (Lipinski definition) is 2. The van der Waals surface area contributed by atoms with E-state index in [4.69, 9.17) is 5.73 Å². The van der Waals surface area contributed by atoms with Gasteiger partial charge in [0.05, 0.1) is 0 Å². The molecule has 1 fully saturated rings. The van der Waals surface area contributed by atoms with Crippen molar-refractivity contribution in [2.45, 2.75) is 31.8 Å². The van der Waals surface area contributed by atoms with Crippen LogP contribution in [-0.2, 0) is 0 Å². The first-order valence-electron chi connectivity index (χ1n) is 7.94. The Morgan fingerprint density at radius 2 is 1.96 bits per heavy atom. The topological polar surface area (TPSA) is 51.3 Å². The van der Waals surface area contributed by atoms with Crippen molar-refractivity contribution >= 4 is 21.8 Å². The van der Waals surface area contributed by atoms with Gasteiger partial charge in [-0.15, -0.1) is 0 Å². The molecule has 0 bridgehead atoms. The van der Waals surface area contributed by atoms with E-state index in [1.165, 1.54) is 5.56 Å². The van der Waals surface area contributed by atoms with Gasteiger partial charge >= 0.3 is 0 Å². The van der Waals surface area contributed by atoms with Crippen LogP contribution in [0.1, 0.15) is 41.9 Å². The normalized spacial score (nSPS) is 21.2. The molecule has 1 saturated heterocycles. The van der Waals surface area contributed by atoms with Crippen molar-refractivity contribution in [2.75, 3.05) is 13.1 Å². The molecule has 3 rings (SSSR count). The summed E-state index contributed by atoms with van der Waals surface area (Å²) in [4.78, 5) is 14.8. The minimum Gasteiger partial charge on any atom is -0.340 e. The second kappa shape index (κ2) is 6.49. The van der Waals surface area contributed by atoms with Gasteiger partial charge in [-0.3, -0.25) is 4.79 Å². The van der Waals surface area contributed by atoms with E-state index < -0.39 is 0 Å². The molecular formula is C18H22BrN3O. The lowest BCUT2D eigenvalue weighted by Gasteiger charge is -2.19. The molecule has 2 aromatic rings. The molecular weight excluding hydrogens is 354 g/mol. The van der Waals surface area contributed by atoms with Crippen molar-refractivity contribution in [3.63, 3.8) is 0 Å². The fourth-order valence-corrected chi connectivity index (χ4v) is 3.69. The highest BCUT2D eigenvalue weighted by Crippen LogP contribution is 2.29. The molecule has 23 heavy (non-hydrogen) atoms. The number of hydrogen-bond donors (Lipinski definition) is 1. The maximum absolute atomic E-state index is 12.9. The SMILES string of the molecule is CC(C)n1cc(Br)cc1C(=O)N1C[C@@H](N)[C@H](c2ccccc2)C1. The van der Waals surface area contributed by atoms with E-state index in [0.717, 1.165) is 4.47 Å². The lowest BCUT2D eigenvalue weighted by Crippen LogP contribution is -2.33. The van der Waals surface area contributed by atoms with Crippen LogP contribution in [0.5, 0.6) is 0 Å². The van der Waals surface area contributed by atoms with E-state index in [1.54, 1.807) is 0 Å². The van der Waals surface area contributed by atoms with Gasteiger partial charge in [0.1, 0.15) is 5.69 Å². The molecule has 0 spiro atoms. The average Bonchev–Trinajstić information content (AvgIpc) is 3.11. The minimum absolute atomic E-state index is 0.0211. The maximum Gasteiger partial charge on any atom is 0.270 e. The van der Waals surface area contributed by atoms with E-state index >= 15 is 0 Å². The van der Waals surface area contributed by atoms with Gasteiger partial charge in [-0.2, -0.15) is 0 Å². The van der Waals surface area contributed by atoms with Gasteiger partial charge in [0.2, 0.25) is 0 Å². The standard InChI is InChI=1S/C18H22BrN3O/c1-12(2)22-9-14(19)8-17(22)18(23)21-10-15(16(20)11-21)13-6-4-3-5-7-13/h3-9,12,15-16H,10-11,20H2,1-2H3/t15-,16+/m0/s1. The summed E-state index contributed by atoms with van der Waals surface area (Å²) in [6.07, 6.45) is 1.96. The highest BCUT2D eigenvalue weighted by atomic mass is 79.9. The van der Waals surface area contributed by atoms with Crippen molar-refractivity contribution in [3.8, 4) is 0 Å². The highest BCUT2D eigenvalue weighted by molar-refractivity contribution is 9.10. The quantitative estimate of drug-likeness (QED) is 0.893. The fourth-order valence-electron chi connectivity index (χ4n) is 3.25.